The molecule has 0 aliphatic carbocycles. The number of likely N-dealkylation sites (tertiary alicyclic amines) is 1. The van der Waals surface area contributed by atoms with Crippen molar-refractivity contribution in [3.63, 3.8) is 0 Å². The van der Waals surface area contributed by atoms with Gasteiger partial charge in [0.2, 0.25) is 17.7 Å². The zero-order valence-corrected chi connectivity index (χ0v) is 25.8. The number of rotatable bonds is 18. The largest absolute Gasteiger partial charge is 0.455 e. The average Bonchev–Trinajstić information content (AvgIpc) is 3.67. The molecule has 10 heteroatoms. The quantitative estimate of drug-likeness (QED) is 0.149. The van der Waals surface area contributed by atoms with Crippen molar-refractivity contribution < 1.29 is 33.8 Å². The van der Waals surface area contributed by atoms with Gasteiger partial charge in [0, 0.05) is 32.7 Å². The van der Waals surface area contributed by atoms with Gasteiger partial charge in [-0.1, -0.05) is 62.2 Å². The summed E-state index contributed by atoms with van der Waals surface area (Å²) in [5, 5.41) is 12.5. The molecule has 3 aliphatic rings. The third-order valence-electron chi connectivity index (χ3n) is 9.05. The van der Waals surface area contributed by atoms with E-state index in [1.165, 1.54) is 4.90 Å². The summed E-state index contributed by atoms with van der Waals surface area (Å²) in [4.78, 5) is 57.9. The van der Waals surface area contributed by atoms with Gasteiger partial charge in [-0.3, -0.25) is 19.2 Å². The standard InChI is InChI=1S/C34H47N3O7/c1-4-7-12-20-36(19-6-3)32(41)30-34-18-17-25(44-34)28(29(34)31(40)37(30)21-13-22-38)33(42)43-26(24-14-10-9-11-15-24)23-35-27(39)16-8-5-2/h5-6,9-11,14-15,25-26,28-30,38H,2-4,7-8,12-13,16-23H2,1H3,(H,35,39)/t25-,26-,28+,29+,30-,34+/m0/s1. The number of ether oxygens (including phenoxy) is 2. The molecule has 4 rings (SSSR count). The number of aliphatic hydroxyl groups excluding tert-OH is 1. The van der Waals surface area contributed by atoms with Crippen LogP contribution in [-0.4, -0.2) is 89.1 Å². The second-order valence-corrected chi connectivity index (χ2v) is 11.9. The molecule has 1 spiro atoms. The number of fused-ring (bicyclic) bond motifs is 1. The van der Waals surface area contributed by atoms with E-state index in [9.17, 15) is 24.3 Å². The number of hydrogen-bond donors (Lipinski definition) is 2. The summed E-state index contributed by atoms with van der Waals surface area (Å²) in [6.45, 7) is 10.6. The van der Waals surface area contributed by atoms with Crippen LogP contribution < -0.4 is 5.32 Å². The van der Waals surface area contributed by atoms with Crippen LogP contribution in [0.4, 0.5) is 0 Å². The molecule has 1 aromatic rings. The second kappa shape index (κ2) is 15.5. The molecule has 3 fully saturated rings. The number of unbranched alkanes of at least 4 members (excludes halogenated alkanes) is 2. The van der Waals surface area contributed by atoms with E-state index in [-0.39, 0.29) is 43.8 Å². The van der Waals surface area contributed by atoms with Gasteiger partial charge in [0.15, 0.2) is 0 Å². The Kier molecular flexibility index (Phi) is 11.7. The van der Waals surface area contributed by atoms with E-state index >= 15 is 0 Å². The van der Waals surface area contributed by atoms with E-state index in [1.807, 2.05) is 30.3 Å². The fourth-order valence-corrected chi connectivity index (χ4v) is 7.00. The first kappa shape index (κ1) is 33.4. The number of carbonyl (C=O) groups is 4. The maximum absolute atomic E-state index is 14.2. The Bertz CT molecular complexity index is 1190. The summed E-state index contributed by atoms with van der Waals surface area (Å²) in [7, 11) is 0. The Morgan fingerprint density at radius 2 is 1.98 bits per heavy atom. The van der Waals surface area contributed by atoms with Crippen molar-refractivity contribution in [3.05, 3.63) is 61.2 Å². The molecule has 1 aromatic carbocycles. The number of aliphatic hydroxyl groups is 1. The Morgan fingerprint density at radius 3 is 2.66 bits per heavy atom. The fraction of sp³-hybridized carbons (Fsp3) is 0.588. The first-order valence-corrected chi connectivity index (χ1v) is 15.9. The first-order valence-electron chi connectivity index (χ1n) is 15.9. The number of nitrogens with one attached hydrogen (secondary N) is 1. The van der Waals surface area contributed by atoms with Crippen molar-refractivity contribution in [3.8, 4) is 0 Å². The third-order valence-corrected chi connectivity index (χ3v) is 9.05. The van der Waals surface area contributed by atoms with E-state index < -0.39 is 41.7 Å². The van der Waals surface area contributed by atoms with E-state index in [2.05, 4.69) is 25.4 Å². The van der Waals surface area contributed by atoms with Gasteiger partial charge in [-0.05, 0) is 37.7 Å². The summed E-state index contributed by atoms with van der Waals surface area (Å²) in [5.74, 6) is -3.05. The monoisotopic (exact) mass is 609 g/mol. The number of carbonyl (C=O) groups excluding carboxylic acids is 4. The number of benzene rings is 1. The number of allylic oxidation sites excluding steroid dienone is 1. The van der Waals surface area contributed by atoms with Crippen LogP contribution in [0.25, 0.3) is 0 Å². The Labute approximate surface area is 260 Å². The maximum Gasteiger partial charge on any atom is 0.313 e. The summed E-state index contributed by atoms with van der Waals surface area (Å²) in [5.41, 5.74) is -0.435. The average molecular weight is 610 g/mol. The van der Waals surface area contributed by atoms with E-state index in [0.29, 0.717) is 44.3 Å². The van der Waals surface area contributed by atoms with Crippen molar-refractivity contribution in [2.24, 2.45) is 11.8 Å². The zero-order chi connectivity index (χ0) is 31.7. The highest BCUT2D eigenvalue weighted by atomic mass is 16.6. The molecule has 44 heavy (non-hydrogen) atoms. The van der Waals surface area contributed by atoms with Crippen LogP contribution in [-0.2, 0) is 28.7 Å². The Morgan fingerprint density at radius 1 is 1.20 bits per heavy atom. The predicted molar refractivity (Wildman–Crippen MR) is 165 cm³/mol. The predicted octanol–water partition coefficient (Wildman–Crippen LogP) is 3.32. The van der Waals surface area contributed by atoms with E-state index in [1.54, 1.807) is 17.1 Å². The molecule has 6 atom stereocenters. The molecule has 0 saturated carbocycles. The highest BCUT2D eigenvalue weighted by Gasteiger charge is 2.75. The lowest BCUT2D eigenvalue weighted by Gasteiger charge is -2.36. The normalized spacial score (nSPS) is 25.8. The fourth-order valence-electron chi connectivity index (χ4n) is 7.00. The minimum Gasteiger partial charge on any atom is -0.455 e. The number of esters is 1. The van der Waals surface area contributed by atoms with Crippen LogP contribution in [0.15, 0.2) is 55.6 Å². The smallest absolute Gasteiger partial charge is 0.313 e. The van der Waals surface area contributed by atoms with Gasteiger partial charge >= 0.3 is 5.97 Å². The third kappa shape index (κ3) is 6.91. The Hall–Kier alpha value is -3.50. The Balaban J connectivity index is 1.60. The molecule has 10 nitrogen and oxygen atoms in total. The topological polar surface area (TPSA) is 125 Å². The lowest BCUT2D eigenvalue weighted by Crippen LogP contribution is -2.56. The molecule has 0 unspecified atom stereocenters. The minimum atomic E-state index is -1.15. The number of nitrogens with zero attached hydrogens (tertiary/aromatic N) is 2. The lowest BCUT2D eigenvalue weighted by atomic mass is 9.70. The highest BCUT2D eigenvalue weighted by molar-refractivity contribution is 5.98. The molecule has 3 heterocycles. The number of amides is 3. The number of hydrogen-bond acceptors (Lipinski definition) is 7. The molecular formula is C34H47N3O7. The minimum absolute atomic E-state index is 0.0751. The SMILES string of the molecule is C=CCCC(=O)NC[C@H](OC(=O)[C@@H]1[C@@H]2CC[C@]3(O2)[C@H](C(=O)N(CC=C)CCCCC)N(CCCO)C(=O)[C@@H]13)c1ccccc1. The van der Waals surface area contributed by atoms with E-state index in [0.717, 1.165) is 19.3 Å². The summed E-state index contributed by atoms with van der Waals surface area (Å²) in [6, 6.07) is 8.26. The molecule has 2 bridgehead atoms. The summed E-state index contributed by atoms with van der Waals surface area (Å²) in [6.07, 6.45) is 6.92. The van der Waals surface area contributed by atoms with Crippen molar-refractivity contribution in [2.75, 3.05) is 32.8 Å². The van der Waals surface area contributed by atoms with Crippen LogP contribution in [0.2, 0.25) is 0 Å². The molecule has 0 radical (unpaired) electrons. The van der Waals surface area contributed by atoms with Crippen LogP contribution in [0, 0.1) is 11.8 Å². The van der Waals surface area contributed by atoms with Gasteiger partial charge in [-0.25, -0.2) is 0 Å². The van der Waals surface area contributed by atoms with Gasteiger partial charge in [0.05, 0.1) is 24.5 Å². The maximum atomic E-state index is 14.2. The molecule has 3 amide bonds. The first-order chi connectivity index (χ1) is 21.3. The molecular weight excluding hydrogens is 562 g/mol. The lowest BCUT2D eigenvalue weighted by molar-refractivity contribution is -0.160. The van der Waals surface area contributed by atoms with Crippen LogP contribution in [0.3, 0.4) is 0 Å². The van der Waals surface area contributed by atoms with Gasteiger partial charge in [-0.2, -0.15) is 0 Å². The van der Waals surface area contributed by atoms with Crippen molar-refractivity contribution in [1.29, 1.82) is 0 Å². The van der Waals surface area contributed by atoms with E-state index in [4.69, 9.17) is 9.47 Å². The van der Waals surface area contributed by atoms with Crippen LogP contribution >= 0.6 is 0 Å². The summed E-state index contributed by atoms with van der Waals surface area (Å²) >= 11 is 0. The van der Waals surface area contributed by atoms with Crippen molar-refractivity contribution in [2.45, 2.75) is 82.1 Å². The van der Waals surface area contributed by atoms with Crippen LogP contribution in [0.5, 0.6) is 0 Å². The van der Waals surface area contributed by atoms with Crippen molar-refractivity contribution in [1.82, 2.24) is 15.1 Å². The summed E-state index contributed by atoms with van der Waals surface area (Å²) < 4.78 is 12.6. The van der Waals surface area contributed by atoms with Crippen LogP contribution in [0.1, 0.15) is 70.0 Å². The van der Waals surface area contributed by atoms with Gasteiger partial charge in [0.25, 0.3) is 0 Å². The van der Waals surface area contributed by atoms with Gasteiger partial charge in [-0.15, -0.1) is 13.2 Å². The molecule has 0 aromatic heterocycles. The molecule has 240 valence electrons. The highest BCUT2D eigenvalue weighted by Crippen LogP contribution is 2.59. The van der Waals surface area contributed by atoms with Gasteiger partial charge < -0.3 is 29.7 Å². The van der Waals surface area contributed by atoms with Crippen molar-refractivity contribution >= 4 is 23.7 Å². The molecule has 3 saturated heterocycles. The molecule has 2 N–H and O–H groups in total. The second-order valence-electron chi connectivity index (χ2n) is 11.9. The molecule has 3 aliphatic heterocycles. The zero-order valence-electron chi connectivity index (χ0n) is 25.8. The van der Waals surface area contributed by atoms with Gasteiger partial charge in [0.1, 0.15) is 17.7 Å².